The van der Waals surface area contributed by atoms with Crippen LogP contribution in [0, 0.1) is 29.4 Å². The molecule has 0 heterocycles. The number of aliphatic hydroxyl groups excluding tert-OH is 1. The third-order valence-corrected chi connectivity index (χ3v) is 7.96. The predicted octanol–water partition coefficient (Wildman–Crippen LogP) is 4.20. The van der Waals surface area contributed by atoms with Crippen LogP contribution in [0.2, 0.25) is 0 Å². The Kier molecular flexibility index (Phi) is 4.80. The molecule has 2 fully saturated rings. The lowest BCUT2D eigenvalue weighted by Gasteiger charge is -2.32. The van der Waals surface area contributed by atoms with Gasteiger partial charge in [-0.05, 0) is 73.3 Å². The summed E-state index contributed by atoms with van der Waals surface area (Å²) in [5, 5.41) is 10.1. The van der Waals surface area contributed by atoms with Gasteiger partial charge in [-0.25, -0.2) is 17.2 Å². The van der Waals surface area contributed by atoms with E-state index < -0.39 is 21.5 Å². The van der Waals surface area contributed by atoms with E-state index in [0.717, 1.165) is 31.7 Å². The summed E-state index contributed by atoms with van der Waals surface area (Å²) in [4.78, 5) is 0.215. The van der Waals surface area contributed by atoms with Gasteiger partial charge in [-0.1, -0.05) is 12.1 Å². The van der Waals surface area contributed by atoms with Crippen LogP contribution in [0.1, 0.15) is 25.7 Å². The van der Waals surface area contributed by atoms with Crippen LogP contribution < -0.4 is 0 Å². The summed E-state index contributed by atoms with van der Waals surface area (Å²) in [6.45, 7) is 0. The van der Waals surface area contributed by atoms with Crippen molar-refractivity contribution >= 4 is 9.84 Å². The summed E-state index contributed by atoms with van der Waals surface area (Å²) in [6, 6.07) is 9.41. The van der Waals surface area contributed by atoms with Crippen LogP contribution in [0.5, 0.6) is 0 Å². The number of benzene rings is 2. The van der Waals surface area contributed by atoms with Gasteiger partial charge in [-0.2, -0.15) is 0 Å². The molecule has 0 radical (unpaired) electrons. The Morgan fingerprint density at radius 1 is 0.963 bits per heavy atom. The molecule has 2 aliphatic carbocycles. The van der Waals surface area contributed by atoms with Gasteiger partial charge in [0.15, 0.2) is 9.84 Å². The van der Waals surface area contributed by atoms with Gasteiger partial charge in [0.2, 0.25) is 0 Å². The molecule has 4 rings (SSSR count). The summed E-state index contributed by atoms with van der Waals surface area (Å²) < 4.78 is 52.5. The molecule has 144 valence electrons. The van der Waals surface area contributed by atoms with Crippen LogP contribution in [0.15, 0.2) is 47.4 Å². The Hall–Kier alpha value is -1.79. The molecule has 3 nitrogen and oxygen atoms in total. The zero-order valence-electron chi connectivity index (χ0n) is 14.8. The van der Waals surface area contributed by atoms with E-state index in [0.29, 0.717) is 5.56 Å². The summed E-state index contributed by atoms with van der Waals surface area (Å²) in [5.74, 6) is -0.716. The molecule has 2 aromatic rings. The maximum Gasteiger partial charge on any atom is 0.178 e. The molecule has 27 heavy (non-hydrogen) atoms. The number of hydrogen-bond donors (Lipinski definition) is 1. The number of sulfone groups is 1. The molecule has 2 bridgehead atoms. The van der Waals surface area contributed by atoms with Gasteiger partial charge < -0.3 is 5.11 Å². The summed E-state index contributed by atoms with van der Waals surface area (Å²) >= 11 is 0. The minimum atomic E-state index is -3.45. The summed E-state index contributed by atoms with van der Waals surface area (Å²) in [5.41, 5.74) is 0.739. The van der Waals surface area contributed by atoms with Crippen molar-refractivity contribution in [3.8, 4) is 11.1 Å². The molecule has 0 aliphatic heterocycles. The van der Waals surface area contributed by atoms with E-state index in [1.165, 1.54) is 24.3 Å². The fraction of sp³-hybridized carbons (Fsp3) is 0.429. The fourth-order valence-electron chi connectivity index (χ4n) is 4.73. The maximum atomic E-state index is 13.9. The van der Waals surface area contributed by atoms with Crippen molar-refractivity contribution in [3.05, 3.63) is 54.1 Å². The average molecular weight is 392 g/mol. The van der Waals surface area contributed by atoms with E-state index >= 15 is 0 Å². The van der Waals surface area contributed by atoms with Crippen LogP contribution in [-0.4, -0.2) is 25.4 Å². The molecule has 2 aromatic carbocycles. The van der Waals surface area contributed by atoms with Crippen LogP contribution >= 0.6 is 0 Å². The van der Waals surface area contributed by atoms with Crippen molar-refractivity contribution in [2.24, 2.45) is 17.8 Å². The Morgan fingerprint density at radius 2 is 1.59 bits per heavy atom. The second kappa shape index (κ2) is 6.99. The third-order valence-electron chi connectivity index (χ3n) is 6.06. The largest absolute Gasteiger partial charge is 0.393 e. The van der Waals surface area contributed by atoms with Crippen molar-refractivity contribution < 1.29 is 22.3 Å². The first-order valence-corrected chi connectivity index (χ1v) is 10.9. The van der Waals surface area contributed by atoms with Gasteiger partial charge in [0.05, 0.1) is 16.8 Å². The average Bonchev–Trinajstić information content (AvgIpc) is 2.83. The highest BCUT2D eigenvalue weighted by molar-refractivity contribution is 7.91. The van der Waals surface area contributed by atoms with Gasteiger partial charge in [0, 0.05) is 11.6 Å². The minimum Gasteiger partial charge on any atom is -0.393 e. The summed E-state index contributed by atoms with van der Waals surface area (Å²) in [7, 11) is -3.45. The Balaban J connectivity index is 1.51. The Morgan fingerprint density at radius 3 is 2.19 bits per heavy atom. The molecule has 0 spiro atoms. The van der Waals surface area contributed by atoms with Crippen molar-refractivity contribution in [2.45, 2.75) is 36.7 Å². The lowest BCUT2D eigenvalue weighted by Crippen LogP contribution is -2.33. The van der Waals surface area contributed by atoms with Gasteiger partial charge >= 0.3 is 0 Å². The van der Waals surface area contributed by atoms with Crippen molar-refractivity contribution in [2.75, 3.05) is 5.75 Å². The lowest BCUT2D eigenvalue weighted by atomic mass is 9.80. The third kappa shape index (κ3) is 3.65. The second-order valence-corrected chi connectivity index (χ2v) is 9.89. The van der Waals surface area contributed by atoms with Crippen molar-refractivity contribution in [1.29, 1.82) is 0 Å². The van der Waals surface area contributed by atoms with E-state index in [1.54, 1.807) is 12.1 Å². The molecule has 2 atom stereocenters. The molecule has 2 aliphatic rings. The van der Waals surface area contributed by atoms with Gasteiger partial charge in [0.25, 0.3) is 0 Å². The Labute approximate surface area is 158 Å². The number of aliphatic hydroxyl groups is 1. The smallest absolute Gasteiger partial charge is 0.178 e. The molecule has 0 saturated heterocycles. The lowest BCUT2D eigenvalue weighted by molar-refractivity contribution is 0.0425. The number of fused-ring (bicyclic) bond motifs is 2. The van der Waals surface area contributed by atoms with E-state index in [-0.39, 0.29) is 40.1 Å². The molecule has 0 amide bonds. The monoisotopic (exact) mass is 392 g/mol. The molecular formula is C21H22F2O3S. The highest BCUT2D eigenvalue weighted by Crippen LogP contribution is 2.45. The van der Waals surface area contributed by atoms with Crippen molar-refractivity contribution in [1.82, 2.24) is 0 Å². The van der Waals surface area contributed by atoms with Crippen LogP contribution in [-0.2, 0) is 9.84 Å². The quantitative estimate of drug-likeness (QED) is 0.848. The molecule has 0 aromatic heterocycles. The Bertz CT molecular complexity index is 926. The van der Waals surface area contributed by atoms with Crippen LogP contribution in [0.3, 0.4) is 0 Å². The molecule has 2 saturated carbocycles. The topological polar surface area (TPSA) is 54.4 Å². The minimum absolute atomic E-state index is 0.0742. The maximum absolute atomic E-state index is 13.9. The number of hydrogen-bond acceptors (Lipinski definition) is 3. The van der Waals surface area contributed by atoms with Gasteiger partial charge in [-0.15, -0.1) is 0 Å². The standard InChI is InChI=1S/C21H22F2O3S/c22-17-5-8-19(20(23)11-17)14-3-6-18(7-4-14)27(25,26)12-13-9-15-1-2-16(10-13)21(15)24/h3-8,11,13,15-16,21,24H,1-2,9-10,12H2/t13-,15?,16?,21-. The van der Waals surface area contributed by atoms with E-state index in [4.69, 9.17) is 0 Å². The van der Waals surface area contributed by atoms with Crippen LogP contribution in [0.4, 0.5) is 8.78 Å². The van der Waals surface area contributed by atoms with E-state index in [1.807, 2.05) is 0 Å². The zero-order valence-corrected chi connectivity index (χ0v) is 15.6. The highest BCUT2D eigenvalue weighted by atomic mass is 32.2. The van der Waals surface area contributed by atoms with Crippen molar-refractivity contribution in [3.63, 3.8) is 0 Å². The van der Waals surface area contributed by atoms with Gasteiger partial charge in [-0.3, -0.25) is 0 Å². The van der Waals surface area contributed by atoms with Gasteiger partial charge in [0.1, 0.15) is 11.6 Å². The van der Waals surface area contributed by atoms with E-state index in [9.17, 15) is 22.3 Å². The molecule has 1 N–H and O–H groups in total. The van der Waals surface area contributed by atoms with Crippen LogP contribution in [0.25, 0.3) is 11.1 Å². The number of halogens is 2. The summed E-state index contributed by atoms with van der Waals surface area (Å²) in [6.07, 6.45) is 3.22. The first kappa shape index (κ1) is 18.6. The van der Waals surface area contributed by atoms with E-state index in [2.05, 4.69) is 0 Å². The molecular weight excluding hydrogens is 370 g/mol. The molecule has 6 heteroatoms. The normalized spacial score (nSPS) is 27.7. The zero-order chi connectivity index (χ0) is 19.2. The highest BCUT2D eigenvalue weighted by Gasteiger charge is 2.42. The number of rotatable bonds is 4. The first-order valence-electron chi connectivity index (χ1n) is 9.30. The first-order chi connectivity index (χ1) is 12.8. The predicted molar refractivity (Wildman–Crippen MR) is 98.8 cm³/mol. The second-order valence-electron chi connectivity index (χ2n) is 7.86. The molecule has 2 unspecified atom stereocenters. The fourth-order valence-corrected chi connectivity index (χ4v) is 6.37. The SMILES string of the molecule is O=S(=O)(C[C@H]1CC2CCC(C1)[C@H]2O)c1ccc(-c2ccc(F)cc2F)cc1.